The molecule has 1 heterocycles. The van der Waals surface area contributed by atoms with E-state index in [0.29, 0.717) is 6.04 Å². The van der Waals surface area contributed by atoms with Crippen molar-refractivity contribution in [1.82, 2.24) is 5.32 Å². The van der Waals surface area contributed by atoms with E-state index >= 15 is 0 Å². The second kappa shape index (κ2) is 5.49. The molecule has 19 heavy (non-hydrogen) atoms. The van der Waals surface area contributed by atoms with Crippen molar-refractivity contribution < 1.29 is 4.39 Å². The number of rotatable bonds is 4. The molecule has 1 N–H and O–H groups in total. The summed E-state index contributed by atoms with van der Waals surface area (Å²) in [4.78, 5) is 2.36. The van der Waals surface area contributed by atoms with E-state index in [-0.39, 0.29) is 5.82 Å². The maximum Gasteiger partial charge on any atom is 0.123 e. The van der Waals surface area contributed by atoms with Crippen molar-refractivity contribution in [2.24, 2.45) is 11.8 Å². The Bertz CT molecular complexity index is 417. The van der Waals surface area contributed by atoms with Crippen molar-refractivity contribution in [3.8, 4) is 0 Å². The van der Waals surface area contributed by atoms with E-state index in [9.17, 15) is 4.39 Å². The van der Waals surface area contributed by atoms with E-state index < -0.39 is 0 Å². The van der Waals surface area contributed by atoms with Crippen LogP contribution in [0.2, 0.25) is 0 Å². The fraction of sp³-hybridized carbons (Fsp3) is 0.625. The van der Waals surface area contributed by atoms with Gasteiger partial charge in [0.2, 0.25) is 0 Å². The summed E-state index contributed by atoms with van der Waals surface area (Å²) in [5.74, 6) is 1.60. The Balaban J connectivity index is 1.68. The average molecular weight is 262 g/mol. The molecule has 2 fully saturated rings. The SMILES string of the molecule is CCN(CC1NCC2CCCC21)c1ccc(F)cc1. The van der Waals surface area contributed by atoms with Crippen molar-refractivity contribution in [2.75, 3.05) is 24.5 Å². The van der Waals surface area contributed by atoms with Crippen LogP contribution in [-0.2, 0) is 0 Å². The summed E-state index contributed by atoms with van der Waals surface area (Å²) in [6.07, 6.45) is 4.18. The van der Waals surface area contributed by atoms with Crippen LogP contribution in [0.5, 0.6) is 0 Å². The molecular formula is C16H23FN2. The zero-order chi connectivity index (χ0) is 13.2. The first-order valence-corrected chi connectivity index (χ1v) is 7.52. The fourth-order valence-electron chi connectivity index (χ4n) is 3.81. The third-order valence-electron chi connectivity index (χ3n) is 4.87. The maximum absolute atomic E-state index is 13.0. The second-order valence-electron chi connectivity index (χ2n) is 5.88. The number of fused-ring (bicyclic) bond motifs is 1. The Morgan fingerprint density at radius 2 is 2.05 bits per heavy atom. The van der Waals surface area contributed by atoms with Crippen LogP contribution in [0.15, 0.2) is 24.3 Å². The highest BCUT2D eigenvalue weighted by atomic mass is 19.1. The highest BCUT2D eigenvalue weighted by Gasteiger charge is 2.39. The first-order valence-electron chi connectivity index (χ1n) is 7.52. The Kier molecular flexibility index (Phi) is 3.74. The molecule has 1 aromatic rings. The summed E-state index contributed by atoms with van der Waals surface area (Å²) < 4.78 is 13.0. The number of nitrogens with zero attached hydrogens (tertiary/aromatic N) is 1. The van der Waals surface area contributed by atoms with Crippen LogP contribution in [0, 0.1) is 17.7 Å². The summed E-state index contributed by atoms with van der Waals surface area (Å²) in [7, 11) is 0. The van der Waals surface area contributed by atoms with Crippen LogP contribution in [-0.4, -0.2) is 25.7 Å². The third kappa shape index (κ3) is 2.62. The van der Waals surface area contributed by atoms with Crippen LogP contribution in [0.3, 0.4) is 0 Å². The lowest BCUT2D eigenvalue weighted by Crippen LogP contribution is -2.40. The Labute approximate surface area is 115 Å². The zero-order valence-corrected chi connectivity index (χ0v) is 11.6. The number of benzene rings is 1. The van der Waals surface area contributed by atoms with Crippen LogP contribution in [0.4, 0.5) is 10.1 Å². The molecule has 3 atom stereocenters. The van der Waals surface area contributed by atoms with E-state index in [4.69, 9.17) is 0 Å². The van der Waals surface area contributed by atoms with Gasteiger partial charge in [0.05, 0.1) is 0 Å². The molecule has 1 saturated carbocycles. The van der Waals surface area contributed by atoms with Gasteiger partial charge in [-0.15, -0.1) is 0 Å². The van der Waals surface area contributed by atoms with Gasteiger partial charge in [-0.3, -0.25) is 0 Å². The smallest absolute Gasteiger partial charge is 0.123 e. The Morgan fingerprint density at radius 3 is 2.79 bits per heavy atom. The van der Waals surface area contributed by atoms with Gasteiger partial charge in [-0.1, -0.05) is 6.42 Å². The quantitative estimate of drug-likeness (QED) is 0.897. The first kappa shape index (κ1) is 12.9. The summed E-state index contributed by atoms with van der Waals surface area (Å²) in [5, 5.41) is 3.69. The Morgan fingerprint density at radius 1 is 1.26 bits per heavy atom. The minimum atomic E-state index is -0.158. The molecule has 0 bridgehead atoms. The molecular weight excluding hydrogens is 239 g/mol. The van der Waals surface area contributed by atoms with Gasteiger partial charge in [-0.05, 0) is 62.4 Å². The van der Waals surface area contributed by atoms with Crippen molar-refractivity contribution >= 4 is 5.69 Å². The minimum Gasteiger partial charge on any atom is -0.370 e. The molecule has 1 saturated heterocycles. The van der Waals surface area contributed by atoms with Gasteiger partial charge in [0, 0.05) is 24.8 Å². The molecule has 104 valence electrons. The number of hydrogen-bond donors (Lipinski definition) is 1. The van der Waals surface area contributed by atoms with Crippen molar-refractivity contribution in [3.05, 3.63) is 30.1 Å². The summed E-state index contributed by atoms with van der Waals surface area (Å²) in [6, 6.07) is 7.49. The lowest BCUT2D eigenvalue weighted by atomic mass is 9.93. The number of anilines is 1. The van der Waals surface area contributed by atoms with Gasteiger partial charge in [0.15, 0.2) is 0 Å². The van der Waals surface area contributed by atoms with E-state index in [0.717, 1.165) is 30.6 Å². The molecule has 0 radical (unpaired) electrons. The van der Waals surface area contributed by atoms with E-state index in [1.807, 2.05) is 12.1 Å². The molecule has 2 aliphatic rings. The van der Waals surface area contributed by atoms with Gasteiger partial charge in [-0.25, -0.2) is 4.39 Å². The van der Waals surface area contributed by atoms with Crippen molar-refractivity contribution in [3.63, 3.8) is 0 Å². The lowest BCUT2D eigenvalue weighted by molar-refractivity contribution is 0.410. The van der Waals surface area contributed by atoms with Gasteiger partial charge in [0.25, 0.3) is 0 Å². The fourth-order valence-corrected chi connectivity index (χ4v) is 3.81. The van der Waals surface area contributed by atoms with E-state index in [1.54, 1.807) is 12.1 Å². The topological polar surface area (TPSA) is 15.3 Å². The van der Waals surface area contributed by atoms with Crippen LogP contribution >= 0.6 is 0 Å². The standard InChI is InChI=1S/C16H23FN2/c1-2-19(14-8-6-13(17)7-9-14)11-16-15-5-3-4-12(15)10-18-16/h6-9,12,15-16,18H,2-5,10-11H2,1H3. The number of hydrogen-bond acceptors (Lipinski definition) is 2. The third-order valence-corrected chi connectivity index (χ3v) is 4.87. The van der Waals surface area contributed by atoms with Crippen molar-refractivity contribution in [2.45, 2.75) is 32.2 Å². The number of likely N-dealkylation sites (N-methyl/N-ethyl adjacent to an activating group) is 1. The summed E-state index contributed by atoms with van der Waals surface area (Å²) in [6.45, 7) is 5.38. The van der Waals surface area contributed by atoms with E-state index in [2.05, 4.69) is 17.1 Å². The Hall–Kier alpha value is -1.09. The highest BCUT2D eigenvalue weighted by molar-refractivity contribution is 5.46. The predicted molar refractivity (Wildman–Crippen MR) is 76.9 cm³/mol. The van der Waals surface area contributed by atoms with Gasteiger partial charge in [0.1, 0.15) is 5.82 Å². The second-order valence-corrected chi connectivity index (χ2v) is 5.88. The molecule has 0 aromatic heterocycles. The molecule has 0 spiro atoms. The molecule has 1 aliphatic carbocycles. The van der Waals surface area contributed by atoms with Crippen LogP contribution < -0.4 is 10.2 Å². The molecule has 0 amide bonds. The van der Waals surface area contributed by atoms with Crippen LogP contribution in [0.1, 0.15) is 26.2 Å². The number of halogens is 1. The maximum atomic E-state index is 13.0. The molecule has 2 nitrogen and oxygen atoms in total. The summed E-state index contributed by atoms with van der Waals surface area (Å²) in [5.41, 5.74) is 1.13. The molecule has 3 heteroatoms. The van der Waals surface area contributed by atoms with Gasteiger partial charge < -0.3 is 10.2 Å². The van der Waals surface area contributed by atoms with Gasteiger partial charge >= 0.3 is 0 Å². The number of nitrogens with one attached hydrogen (secondary N) is 1. The zero-order valence-electron chi connectivity index (χ0n) is 11.6. The van der Waals surface area contributed by atoms with Crippen molar-refractivity contribution in [1.29, 1.82) is 0 Å². The highest BCUT2D eigenvalue weighted by Crippen LogP contribution is 2.38. The minimum absolute atomic E-state index is 0.158. The van der Waals surface area contributed by atoms with E-state index in [1.165, 1.54) is 25.8 Å². The molecule has 1 aliphatic heterocycles. The first-order chi connectivity index (χ1) is 9.28. The summed E-state index contributed by atoms with van der Waals surface area (Å²) >= 11 is 0. The monoisotopic (exact) mass is 262 g/mol. The average Bonchev–Trinajstić information content (AvgIpc) is 3.01. The largest absolute Gasteiger partial charge is 0.370 e. The van der Waals surface area contributed by atoms with Crippen LogP contribution in [0.25, 0.3) is 0 Å². The molecule has 3 rings (SSSR count). The predicted octanol–water partition coefficient (Wildman–Crippen LogP) is 3.04. The molecule has 3 unspecified atom stereocenters. The normalized spacial score (nSPS) is 29.5. The lowest BCUT2D eigenvalue weighted by Gasteiger charge is -2.29. The molecule has 1 aromatic carbocycles. The van der Waals surface area contributed by atoms with Gasteiger partial charge in [-0.2, -0.15) is 0 Å².